The average Bonchev–Trinajstić information content (AvgIpc) is 2.56. The highest BCUT2D eigenvalue weighted by Gasteiger charge is 2.17. The minimum atomic E-state index is -0.187. The standard InChI is InChI=1S/C11H9BrO2/c12-10-3-1-8(2-4-10)7-9-5-6-14-11(9)13/h1-4,7H,5-6H2/b9-7-. The summed E-state index contributed by atoms with van der Waals surface area (Å²) in [6, 6.07) is 7.82. The lowest BCUT2D eigenvalue weighted by molar-refractivity contribution is -0.134. The molecule has 2 rings (SSSR count). The van der Waals surface area contributed by atoms with E-state index in [9.17, 15) is 4.79 Å². The van der Waals surface area contributed by atoms with Gasteiger partial charge in [0.15, 0.2) is 0 Å². The number of esters is 1. The molecule has 0 spiro atoms. The molecule has 1 heterocycles. The van der Waals surface area contributed by atoms with Crippen molar-refractivity contribution in [3.8, 4) is 0 Å². The van der Waals surface area contributed by atoms with Crippen LogP contribution in [0.5, 0.6) is 0 Å². The number of benzene rings is 1. The van der Waals surface area contributed by atoms with Gasteiger partial charge in [0.2, 0.25) is 0 Å². The number of hydrogen-bond donors (Lipinski definition) is 0. The molecule has 0 unspecified atom stereocenters. The second-order valence-electron chi connectivity index (χ2n) is 3.11. The number of cyclic esters (lactones) is 1. The van der Waals surface area contributed by atoms with Crippen molar-refractivity contribution in [1.82, 2.24) is 0 Å². The third kappa shape index (κ3) is 2.04. The topological polar surface area (TPSA) is 26.3 Å². The van der Waals surface area contributed by atoms with Gasteiger partial charge in [-0.2, -0.15) is 0 Å². The van der Waals surface area contributed by atoms with Crippen LogP contribution in [-0.2, 0) is 9.53 Å². The van der Waals surface area contributed by atoms with Crippen molar-refractivity contribution in [3.63, 3.8) is 0 Å². The minimum Gasteiger partial charge on any atom is -0.462 e. The van der Waals surface area contributed by atoms with Crippen LogP contribution in [0.2, 0.25) is 0 Å². The number of carbonyl (C=O) groups is 1. The summed E-state index contributed by atoms with van der Waals surface area (Å²) < 4.78 is 5.88. The molecule has 1 fully saturated rings. The zero-order chi connectivity index (χ0) is 9.97. The SMILES string of the molecule is O=C1OCC/C1=C/c1ccc(Br)cc1. The number of rotatable bonds is 1. The van der Waals surface area contributed by atoms with E-state index in [1.54, 1.807) is 0 Å². The Morgan fingerprint density at radius 2 is 2.00 bits per heavy atom. The highest BCUT2D eigenvalue weighted by molar-refractivity contribution is 9.10. The van der Waals surface area contributed by atoms with Gasteiger partial charge in [-0.25, -0.2) is 4.79 Å². The highest BCUT2D eigenvalue weighted by Crippen LogP contribution is 2.18. The maximum atomic E-state index is 11.1. The molecule has 0 saturated carbocycles. The van der Waals surface area contributed by atoms with Crippen LogP contribution in [0.3, 0.4) is 0 Å². The van der Waals surface area contributed by atoms with Gasteiger partial charge in [0.25, 0.3) is 0 Å². The molecule has 0 bridgehead atoms. The van der Waals surface area contributed by atoms with Gasteiger partial charge in [0, 0.05) is 16.5 Å². The van der Waals surface area contributed by atoms with E-state index in [0.717, 1.165) is 22.0 Å². The molecular weight excluding hydrogens is 244 g/mol. The molecule has 0 N–H and O–H groups in total. The van der Waals surface area contributed by atoms with Gasteiger partial charge in [0.1, 0.15) is 0 Å². The van der Waals surface area contributed by atoms with Gasteiger partial charge in [0.05, 0.1) is 6.61 Å². The molecule has 1 aromatic rings. The van der Waals surface area contributed by atoms with Gasteiger partial charge in [-0.1, -0.05) is 28.1 Å². The van der Waals surface area contributed by atoms with E-state index >= 15 is 0 Å². The number of carbonyl (C=O) groups excluding carboxylic acids is 1. The molecule has 0 aromatic heterocycles. The second-order valence-corrected chi connectivity index (χ2v) is 4.02. The Labute approximate surface area is 90.7 Å². The predicted molar refractivity (Wildman–Crippen MR) is 57.7 cm³/mol. The monoisotopic (exact) mass is 252 g/mol. The summed E-state index contributed by atoms with van der Waals surface area (Å²) >= 11 is 3.36. The largest absolute Gasteiger partial charge is 0.462 e. The van der Waals surface area contributed by atoms with Gasteiger partial charge in [-0.15, -0.1) is 0 Å². The van der Waals surface area contributed by atoms with Gasteiger partial charge < -0.3 is 4.74 Å². The predicted octanol–water partition coefficient (Wildman–Crippen LogP) is 2.78. The van der Waals surface area contributed by atoms with E-state index in [1.807, 2.05) is 30.3 Å². The number of ether oxygens (including phenoxy) is 1. The molecule has 1 aliphatic rings. The Morgan fingerprint density at radius 3 is 2.57 bits per heavy atom. The van der Waals surface area contributed by atoms with Crippen LogP contribution in [-0.4, -0.2) is 12.6 Å². The molecule has 3 heteroatoms. The summed E-state index contributed by atoms with van der Waals surface area (Å²) in [7, 11) is 0. The highest BCUT2D eigenvalue weighted by atomic mass is 79.9. The summed E-state index contributed by atoms with van der Waals surface area (Å²) in [4.78, 5) is 11.1. The van der Waals surface area contributed by atoms with E-state index in [0.29, 0.717) is 6.61 Å². The van der Waals surface area contributed by atoms with Crippen molar-refractivity contribution in [3.05, 3.63) is 39.9 Å². The Morgan fingerprint density at radius 1 is 1.29 bits per heavy atom. The third-order valence-electron chi connectivity index (χ3n) is 2.08. The summed E-state index contributed by atoms with van der Waals surface area (Å²) in [6.07, 6.45) is 2.59. The zero-order valence-corrected chi connectivity index (χ0v) is 9.08. The first-order chi connectivity index (χ1) is 6.75. The smallest absolute Gasteiger partial charge is 0.334 e. The van der Waals surface area contributed by atoms with Crippen molar-refractivity contribution < 1.29 is 9.53 Å². The molecule has 1 saturated heterocycles. The minimum absolute atomic E-state index is 0.187. The van der Waals surface area contributed by atoms with Crippen molar-refractivity contribution in [2.24, 2.45) is 0 Å². The van der Waals surface area contributed by atoms with E-state index in [4.69, 9.17) is 4.74 Å². The lowest BCUT2D eigenvalue weighted by Crippen LogP contribution is -1.94. The molecular formula is C11H9BrO2. The van der Waals surface area contributed by atoms with Crippen LogP contribution in [0.4, 0.5) is 0 Å². The summed E-state index contributed by atoms with van der Waals surface area (Å²) in [6.45, 7) is 0.515. The number of hydrogen-bond acceptors (Lipinski definition) is 2. The molecule has 2 nitrogen and oxygen atoms in total. The summed E-state index contributed by atoms with van der Waals surface area (Å²) in [5.74, 6) is -0.187. The lowest BCUT2D eigenvalue weighted by Gasteiger charge is -1.95. The molecule has 1 aliphatic heterocycles. The van der Waals surface area contributed by atoms with Crippen molar-refractivity contribution >= 4 is 28.0 Å². The second kappa shape index (κ2) is 3.96. The Kier molecular flexibility index (Phi) is 2.68. The summed E-state index contributed by atoms with van der Waals surface area (Å²) in [5, 5.41) is 0. The molecule has 0 amide bonds. The molecule has 0 radical (unpaired) electrons. The fourth-order valence-electron chi connectivity index (χ4n) is 1.34. The first-order valence-electron chi connectivity index (χ1n) is 4.39. The van der Waals surface area contributed by atoms with Crippen LogP contribution in [0.25, 0.3) is 6.08 Å². The maximum Gasteiger partial charge on any atom is 0.334 e. The normalized spacial score (nSPS) is 18.6. The third-order valence-corrected chi connectivity index (χ3v) is 2.61. The van der Waals surface area contributed by atoms with E-state index in [2.05, 4.69) is 15.9 Å². The van der Waals surface area contributed by atoms with Crippen LogP contribution < -0.4 is 0 Å². The van der Waals surface area contributed by atoms with Gasteiger partial charge in [-0.05, 0) is 23.8 Å². The van der Waals surface area contributed by atoms with Crippen LogP contribution in [0, 0.1) is 0 Å². The number of halogens is 1. The quantitative estimate of drug-likeness (QED) is 0.568. The van der Waals surface area contributed by atoms with Crippen LogP contribution >= 0.6 is 15.9 Å². The average molecular weight is 253 g/mol. The van der Waals surface area contributed by atoms with Crippen molar-refractivity contribution in [2.75, 3.05) is 6.61 Å². The van der Waals surface area contributed by atoms with Gasteiger partial charge in [-0.3, -0.25) is 0 Å². The maximum absolute atomic E-state index is 11.1. The first-order valence-corrected chi connectivity index (χ1v) is 5.18. The van der Waals surface area contributed by atoms with Gasteiger partial charge >= 0.3 is 5.97 Å². The Bertz CT molecular complexity index is 379. The molecule has 0 aliphatic carbocycles. The lowest BCUT2D eigenvalue weighted by atomic mass is 10.1. The molecule has 0 atom stereocenters. The van der Waals surface area contributed by atoms with Crippen LogP contribution in [0.1, 0.15) is 12.0 Å². The molecule has 72 valence electrons. The van der Waals surface area contributed by atoms with Crippen LogP contribution in [0.15, 0.2) is 34.3 Å². The Balaban J connectivity index is 2.24. The summed E-state index contributed by atoms with van der Waals surface area (Å²) in [5.41, 5.74) is 1.79. The molecule has 14 heavy (non-hydrogen) atoms. The van der Waals surface area contributed by atoms with Crippen molar-refractivity contribution in [1.29, 1.82) is 0 Å². The fourth-order valence-corrected chi connectivity index (χ4v) is 1.60. The Hall–Kier alpha value is -1.09. The van der Waals surface area contributed by atoms with Crippen molar-refractivity contribution in [2.45, 2.75) is 6.42 Å². The molecule has 1 aromatic carbocycles. The van der Waals surface area contributed by atoms with E-state index in [-0.39, 0.29) is 5.97 Å². The first kappa shape index (κ1) is 9.46. The van der Waals surface area contributed by atoms with E-state index < -0.39 is 0 Å². The zero-order valence-electron chi connectivity index (χ0n) is 7.50. The fraction of sp³-hybridized carbons (Fsp3) is 0.182. The van der Waals surface area contributed by atoms with E-state index in [1.165, 1.54) is 0 Å².